The van der Waals surface area contributed by atoms with E-state index in [9.17, 15) is 4.79 Å². The summed E-state index contributed by atoms with van der Waals surface area (Å²) in [5.41, 5.74) is 9.75. The Morgan fingerprint density at radius 2 is 1.39 bits per heavy atom. The molecule has 28 heavy (non-hydrogen) atoms. The van der Waals surface area contributed by atoms with Crippen LogP contribution in [0, 0.1) is 5.92 Å². The second kappa shape index (κ2) is 8.38. The Morgan fingerprint density at radius 1 is 0.893 bits per heavy atom. The molecular formula is C24H24N2O2. The highest BCUT2D eigenvalue weighted by Crippen LogP contribution is 2.37. The minimum absolute atomic E-state index is 0.0237. The van der Waals surface area contributed by atoms with Crippen LogP contribution in [0.2, 0.25) is 0 Å². The number of nitrogens with zero attached hydrogens (tertiary/aromatic N) is 1. The first kappa shape index (κ1) is 18.4. The van der Waals surface area contributed by atoms with Crippen molar-refractivity contribution in [2.75, 3.05) is 6.54 Å². The third-order valence-corrected chi connectivity index (χ3v) is 5.29. The topological polar surface area (TPSA) is 55.6 Å². The molecule has 4 heteroatoms. The van der Waals surface area contributed by atoms with Gasteiger partial charge in [0.05, 0.1) is 18.1 Å². The van der Waals surface area contributed by atoms with Crippen LogP contribution >= 0.6 is 0 Å². The van der Waals surface area contributed by atoms with E-state index in [4.69, 9.17) is 10.5 Å². The molecule has 142 valence electrons. The van der Waals surface area contributed by atoms with Crippen LogP contribution in [-0.2, 0) is 16.1 Å². The second-order valence-electron chi connectivity index (χ2n) is 7.11. The number of hydrogen-bond donors (Lipinski definition) is 1. The quantitative estimate of drug-likeness (QED) is 0.670. The van der Waals surface area contributed by atoms with E-state index in [2.05, 4.69) is 29.2 Å². The van der Waals surface area contributed by atoms with Gasteiger partial charge in [0.25, 0.3) is 0 Å². The summed E-state index contributed by atoms with van der Waals surface area (Å²) in [5, 5.41) is 0. The average Bonchev–Trinajstić information content (AvgIpc) is 2.76. The maximum atomic E-state index is 12.5. The number of esters is 1. The zero-order chi connectivity index (χ0) is 19.3. The molecule has 3 aromatic rings. The lowest BCUT2D eigenvalue weighted by atomic mass is 9.87. The summed E-state index contributed by atoms with van der Waals surface area (Å²) in [6, 6.07) is 30.3. The van der Waals surface area contributed by atoms with E-state index in [0.29, 0.717) is 6.54 Å². The molecule has 0 bridgehead atoms. The Hall–Kier alpha value is -2.95. The smallest absolute Gasteiger partial charge is 0.313 e. The molecule has 2 N–H and O–H groups in total. The van der Waals surface area contributed by atoms with E-state index in [1.807, 2.05) is 66.7 Å². The average molecular weight is 372 g/mol. The van der Waals surface area contributed by atoms with Gasteiger partial charge in [-0.25, -0.2) is 0 Å². The summed E-state index contributed by atoms with van der Waals surface area (Å²) in [4.78, 5) is 14.7. The number of rotatable bonds is 6. The first-order valence-electron chi connectivity index (χ1n) is 9.56. The maximum Gasteiger partial charge on any atom is 0.313 e. The summed E-state index contributed by atoms with van der Waals surface area (Å²) in [7, 11) is 0. The van der Waals surface area contributed by atoms with Gasteiger partial charge in [-0.3, -0.25) is 9.69 Å². The SMILES string of the molecule is N[C@H]1[C@@H](C(=O)OCc2ccccc2)CN1C(c1ccccc1)c1ccccc1. The molecule has 1 fully saturated rings. The molecular weight excluding hydrogens is 348 g/mol. The molecule has 4 rings (SSSR count). The van der Waals surface area contributed by atoms with E-state index in [0.717, 1.165) is 5.56 Å². The lowest BCUT2D eigenvalue weighted by Gasteiger charge is -2.49. The lowest BCUT2D eigenvalue weighted by molar-refractivity contribution is -0.162. The van der Waals surface area contributed by atoms with Crippen molar-refractivity contribution < 1.29 is 9.53 Å². The Balaban J connectivity index is 1.46. The van der Waals surface area contributed by atoms with Crippen LogP contribution in [0.1, 0.15) is 22.7 Å². The summed E-state index contributed by atoms with van der Waals surface area (Å²) in [5.74, 6) is -0.536. The van der Waals surface area contributed by atoms with Crippen molar-refractivity contribution in [2.24, 2.45) is 11.7 Å². The Kier molecular flexibility index (Phi) is 5.51. The largest absolute Gasteiger partial charge is 0.460 e. The normalized spacial score (nSPS) is 19.2. The standard InChI is InChI=1S/C24H24N2O2/c25-23-21(24(27)28-17-18-10-4-1-5-11-18)16-26(23)22(19-12-6-2-7-13-19)20-14-8-3-9-15-20/h1-15,21-23H,16-17,25H2/t21-,23+/m0/s1. The lowest BCUT2D eigenvalue weighted by Crippen LogP contribution is -2.64. The number of ether oxygens (including phenoxy) is 1. The van der Waals surface area contributed by atoms with Crippen LogP contribution in [0.25, 0.3) is 0 Å². The molecule has 1 saturated heterocycles. The Bertz CT molecular complexity index is 860. The van der Waals surface area contributed by atoms with Gasteiger partial charge < -0.3 is 10.5 Å². The fourth-order valence-corrected chi connectivity index (χ4v) is 3.72. The Labute approximate surface area is 165 Å². The van der Waals surface area contributed by atoms with Gasteiger partial charge in [-0.15, -0.1) is 0 Å². The summed E-state index contributed by atoms with van der Waals surface area (Å²) >= 11 is 0. The van der Waals surface area contributed by atoms with E-state index in [1.54, 1.807) is 0 Å². The van der Waals surface area contributed by atoms with Crippen LogP contribution in [0.3, 0.4) is 0 Å². The van der Waals surface area contributed by atoms with Gasteiger partial charge in [0.15, 0.2) is 0 Å². The van der Waals surface area contributed by atoms with Gasteiger partial charge in [-0.2, -0.15) is 0 Å². The molecule has 1 aliphatic heterocycles. The van der Waals surface area contributed by atoms with Gasteiger partial charge in [0.2, 0.25) is 0 Å². The summed E-state index contributed by atoms with van der Waals surface area (Å²) in [6.45, 7) is 0.868. The van der Waals surface area contributed by atoms with Gasteiger partial charge in [0, 0.05) is 6.54 Å². The van der Waals surface area contributed by atoms with Crippen molar-refractivity contribution in [2.45, 2.75) is 18.8 Å². The minimum Gasteiger partial charge on any atom is -0.460 e. The molecule has 0 aliphatic carbocycles. The zero-order valence-electron chi connectivity index (χ0n) is 15.6. The fourth-order valence-electron chi connectivity index (χ4n) is 3.72. The van der Waals surface area contributed by atoms with E-state index < -0.39 is 0 Å². The molecule has 0 aromatic heterocycles. The molecule has 0 radical (unpaired) electrons. The molecule has 0 unspecified atom stereocenters. The van der Waals surface area contributed by atoms with Crippen molar-refractivity contribution in [1.82, 2.24) is 4.90 Å². The van der Waals surface area contributed by atoms with Crippen molar-refractivity contribution >= 4 is 5.97 Å². The van der Waals surface area contributed by atoms with E-state index >= 15 is 0 Å². The van der Waals surface area contributed by atoms with Crippen molar-refractivity contribution in [3.05, 3.63) is 108 Å². The molecule has 1 aliphatic rings. The predicted molar refractivity (Wildman–Crippen MR) is 109 cm³/mol. The van der Waals surface area contributed by atoms with Crippen molar-refractivity contribution in [3.63, 3.8) is 0 Å². The van der Waals surface area contributed by atoms with Gasteiger partial charge >= 0.3 is 5.97 Å². The van der Waals surface area contributed by atoms with Gasteiger partial charge in [-0.1, -0.05) is 91.0 Å². The monoisotopic (exact) mass is 372 g/mol. The van der Waals surface area contributed by atoms with Gasteiger partial charge in [0.1, 0.15) is 6.61 Å². The van der Waals surface area contributed by atoms with E-state index in [1.165, 1.54) is 11.1 Å². The van der Waals surface area contributed by atoms with Crippen LogP contribution in [-0.4, -0.2) is 23.6 Å². The number of likely N-dealkylation sites (tertiary alicyclic amines) is 1. The number of carbonyl (C=O) groups is 1. The molecule has 0 saturated carbocycles. The predicted octanol–water partition coefficient (Wildman–Crippen LogP) is 3.74. The third kappa shape index (κ3) is 3.84. The Morgan fingerprint density at radius 3 is 1.89 bits per heavy atom. The number of hydrogen-bond acceptors (Lipinski definition) is 4. The zero-order valence-corrected chi connectivity index (χ0v) is 15.6. The van der Waals surface area contributed by atoms with Crippen molar-refractivity contribution in [3.8, 4) is 0 Å². The highest BCUT2D eigenvalue weighted by Gasteiger charge is 2.46. The number of nitrogens with two attached hydrogens (primary N) is 1. The minimum atomic E-state index is -0.367. The molecule has 0 amide bonds. The molecule has 1 heterocycles. The summed E-state index contributed by atoms with van der Waals surface area (Å²) < 4.78 is 5.50. The highest BCUT2D eigenvalue weighted by molar-refractivity contribution is 5.74. The third-order valence-electron chi connectivity index (χ3n) is 5.29. The van der Waals surface area contributed by atoms with Crippen LogP contribution in [0.5, 0.6) is 0 Å². The van der Waals surface area contributed by atoms with Crippen LogP contribution in [0.4, 0.5) is 0 Å². The summed E-state index contributed by atoms with van der Waals surface area (Å²) in [6.07, 6.45) is -0.367. The molecule has 0 spiro atoms. The number of benzene rings is 3. The first-order valence-corrected chi connectivity index (χ1v) is 9.56. The molecule has 3 aromatic carbocycles. The van der Waals surface area contributed by atoms with Crippen molar-refractivity contribution in [1.29, 1.82) is 0 Å². The number of carbonyl (C=O) groups excluding carboxylic acids is 1. The van der Waals surface area contributed by atoms with Crippen LogP contribution in [0.15, 0.2) is 91.0 Å². The highest BCUT2D eigenvalue weighted by atomic mass is 16.5. The van der Waals surface area contributed by atoms with Gasteiger partial charge in [-0.05, 0) is 16.7 Å². The first-order chi connectivity index (χ1) is 13.7. The van der Waals surface area contributed by atoms with Crippen LogP contribution < -0.4 is 5.73 Å². The second-order valence-corrected chi connectivity index (χ2v) is 7.11. The molecule has 2 atom stereocenters. The fraction of sp³-hybridized carbons (Fsp3) is 0.208. The maximum absolute atomic E-state index is 12.5. The van der Waals surface area contributed by atoms with E-state index in [-0.39, 0.29) is 30.7 Å². The molecule has 4 nitrogen and oxygen atoms in total.